The van der Waals surface area contributed by atoms with Crippen molar-refractivity contribution < 1.29 is 13.2 Å². The van der Waals surface area contributed by atoms with E-state index < -0.39 is 10.0 Å². The molecule has 0 fully saturated rings. The van der Waals surface area contributed by atoms with Crippen LogP contribution in [0.15, 0.2) is 59.5 Å². The number of nitrogens with zero attached hydrogens (tertiary/aromatic N) is 2. The summed E-state index contributed by atoms with van der Waals surface area (Å²) in [5, 5.41) is 3.75. The molecule has 0 aliphatic heterocycles. The van der Waals surface area contributed by atoms with E-state index in [-0.39, 0.29) is 16.8 Å². The van der Waals surface area contributed by atoms with Crippen LogP contribution in [0.5, 0.6) is 0 Å². The molecule has 3 aromatic rings. The van der Waals surface area contributed by atoms with Crippen molar-refractivity contribution in [2.24, 2.45) is 0 Å². The van der Waals surface area contributed by atoms with E-state index in [9.17, 15) is 13.2 Å². The first-order chi connectivity index (χ1) is 13.3. The van der Waals surface area contributed by atoms with Gasteiger partial charge in [0.15, 0.2) is 0 Å². The minimum Gasteiger partial charge on any atom is -0.344 e. The molecular formula is C21H25N3O3S. The molecule has 148 valence electrons. The molecule has 0 bridgehead atoms. The van der Waals surface area contributed by atoms with E-state index in [0.717, 1.165) is 16.5 Å². The Balaban J connectivity index is 1.98. The van der Waals surface area contributed by atoms with E-state index >= 15 is 0 Å². The molecule has 0 saturated carbocycles. The summed E-state index contributed by atoms with van der Waals surface area (Å²) < 4.78 is 27.9. The molecule has 1 aromatic heterocycles. The van der Waals surface area contributed by atoms with E-state index in [2.05, 4.69) is 5.32 Å². The lowest BCUT2D eigenvalue weighted by molar-refractivity contribution is 0.0931. The Hall–Kier alpha value is -2.64. The van der Waals surface area contributed by atoms with Gasteiger partial charge in [-0.25, -0.2) is 12.7 Å². The average Bonchev–Trinajstić information content (AvgIpc) is 3.06. The largest absolute Gasteiger partial charge is 0.344 e. The number of nitrogens with one attached hydrogen (secondary N) is 1. The lowest BCUT2D eigenvalue weighted by Crippen LogP contribution is -2.28. The Morgan fingerprint density at radius 2 is 1.79 bits per heavy atom. The molecule has 6 nitrogen and oxygen atoms in total. The first kappa shape index (κ1) is 20.1. The summed E-state index contributed by atoms with van der Waals surface area (Å²) in [5.41, 5.74) is 2.37. The second kappa shape index (κ2) is 7.77. The molecular weight excluding hydrogens is 374 g/mol. The second-order valence-electron chi connectivity index (χ2n) is 6.89. The smallest absolute Gasteiger partial charge is 0.268 e. The lowest BCUT2D eigenvalue weighted by Gasteiger charge is -2.15. The molecule has 7 heteroatoms. The first-order valence-corrected chi connectivity index (χ1v) is 10.6. The van der Waals surface area contributed by atoms with Gasteiger partial charge in [-0.15, -0.1) is 0 Å². The molecule has 3 rings (SSSR count). The van der Waals surface area contributed by atoms with Crippen LogP contribution in [0, 0.1) is 0 Å². The number of rotatable bonds is 6. The highest BCUT2D eigenvalue weighted by atomic mass is 32.2. The number of amides is 1. The van der Waals surface area contributed by atoms with E-state index in [1.54, 1.807) is 24.3 Å². The zero-order valence-corrected chi connectivity index (χ0v) is 17.3. The van der Waals surface area contributed by atoms with Gasteiger partial charge in [0.2, 0.25) is 10.0 Å². The number of benzene rings is 2. The van der Waals surface area contributed by atoms with Gasteiger partial charge in [-0.05, 0) is 43.7 Å². The third-order valence-electron chi connectivity index (χ3n) is 4.85. The molecule has 1 atom stereocenters. The number of hydrogen-bond acceptors (Lipinski definition) is 3. The van der Waals surface area contributed by atoms with Crippen molar-refractivity contribution in [2.45, 2.75) is 31.3 Å². The number of carbonyl (C=O) groups excluding carboxylic acids is 1. The Bertz CT molecular complexity index is 1100. The number of hydrogen-bond donors (Lipinski definition) is 1. The van der Waals surface area contributed by atoms with Crippen LogP contribution in [-0.2, 0) is 16.6 Å². The topological polar surface area (TPSA) is 71.4 Å². The monoisotopic (exact) mass is 399 g/mol. The van der Waals surface area contributed by atoms with Crippen molar-refractivity contribution in [1.82, 2.24) is 14.2 Å². The Morgan fingerprint density at radius 1 is 1.11 bits per heavy atom. The second-order valence-corrected chi connectivity index (χ2v) is 9.04. The third kappa shape index (κ3) is 3.68. The zero-order valence-electron chi connectivity index (χ0n) is 16.5. The van der Waals surface area contributed by atoms with Crippen LogP contribution in [-0.4, -0.2) is 37.3 Å². The number of fused-ring (bicyclic) bond motifs is 1. The maximum Gasteiger partial charge on any atom is 0.268 e. The molecule has 2 aromatic carbocycles. The van der Waals surface area contributed by atoms with Crippen molar-refractivity contribution in [3.8, 4) is 0 Å². The number of aryl methyl sites for hydroxylation is 1. The lowest BCUT2D eigenvalue weighted by atomic mass is 10.1. The number of sulfonamides is 1. The predicted molar refractivity (Wildman–Crippen MR) is 111 cm³/mol. The summed E-state index contributed by atoms with van der Waals surface area (Å²) in [4.78, 5) is 13.1. The summed E-state index contributed by atoms with van der Waals surface area (Å²) in [7, 11) is -0.529. The van der Waals surface area contributed by atoms with Gasteiger partial charge < -0.3 is 9.88 Å². The highest BCUT2D eigenvalue weighted by Crippen LogP contribution is 2.25. The van der Waals surface area contributed by atoms with Gasteiger partial charge in [-0.3, -0.25) is 4.79 Å². The SMILES string of the molecule is CCn1c(C(=O)NC(C)c2ccccc2)cc2cc(S(=O)(=O)N(C)C)ccc21. The van der Waals surface area contributed by atoms with Crippen molar-refractivity contribution in [3.05, 3.63) is 65.9 Å². The summed E-state index contributed by atoms with van der Waals surface area (Å²) >= 11 is 0. The zero-order chi connectivity index (χ0) is 20.5. The third-order valence-corrected chi connectivity index (χ3v) is 6.66. The maximum absolute atomic E-state index is 12.9. The fraction of sp³-hybridized carbons (Fsp3) is 0.286. The van der Waals surface area contributed by atoms with E-state index in [4.69, 9.17) is 0 Å². The minimum absolute atomic E-state index is 0.137. The van der Waals surface area contributed by atoms with Crippen LogP contribution in [0.4, 0.5) is 0 Å². The van der Waals surface area contributed by atoms with Crippen LogP contribution in [0.1, 0.15) is 35.9 Å². The van der Waals surface area contributed by atoms with Crippen molar-refractivity contribution in [2.75, 3.05) is 14.1 Å². The maximum atomic E-state index is 12.9. The molecule has 0 aliphatic rings. The first-order valence-electron chi connectivity index (χ1n) is 9.17. The Morgan fingerprint density at radius 3 is 2.39 bits per heavy atom. The molecule has 28 heavy (non-hydrogen) atoms. The van der Waals surface area contributed by atoms with Crippen molar-refractivity contribution in [1.29, 1.82) is 0 Å². The summed E-state index contributed by atoms with van der Waals surface area (Å²) in [6, 6.07) is 16.3. The van der Waals surface area contributed by atoms with Gasteiger partial charge in [-0.2, -0.15) is 0 Å². The number of aromatic nitrogens is 1. The molecule has 0 aliphatic carbocycles. The van der Waals surface area contributed by atoms with Gasteiger partial charge in [-0.1, -0.05) is 30.3 Å². The predicted octanol–water partition coefficient (Wildman–Crippen LogP) is 3.40. The van der Waals surface area contributed by atoms with Gasteiger partial charge >= 0.3 is 0 Å². The highest BCUT2D eigenvalue weighted by molar-refractivity contribution is 7.89. The van der Waals surface area contributed by atoms with Crippen molar-refractivity contribution in [3.63, 3.8) is 0 Å². The van der Waals surface area contributed by atoms with Crippen LogP contribution in [0.25, 0.3) is 10.9 Å². The molecule has 0 saturated heterocycles. The Labute approximate surface area is 165 Å². The molecule has 1 amide bonds. The molecule has 1 heterocycles. The summed E-state index contributed by atoms with van der Waals surface area (Å²) in [6.07, 6.45) is 0. The molecule has 0 radical (unpaired) electrons. The van der Waals surface area contributed by atoms with Crippen molar-refractivity contribution >= 4 is 26.8 Å². The van der Waals surface area contributed by atoms with Crippen LogP contribution < -0.4 is 5.32 Å². The fourth-order valence-electron chi connectivity index (χ4n) is 3.24. The van der Waals surface area contributed by atoms with Crippen LogP contribution in [0.2, 0.25) is 0 Å². The summed E-state index contributed by atoms with van der Waals surface area (Å²) in [6.45, 7) is 4.50. The quantitative estimate of drug-likeness (QED) is 0.691. The molecule has 1 N–H and O–H groups in total. The fourth-order valence-corrected chi connectivity index (χ4v) is 4.18. The molecule has 0 spiro atoms. The summed E-state index contributed by atoms with van der Waals surface area (Å²) in [5.74, 6) is -0.189. The normalized spacial score (nSPS) is 13.0. The van der Waals surface area contributed by atoms with Gasteiger partial charge in [0.05, 0.1) is 10.9 Å². The van der Waals surface area contributed by atoms with E-state index in [1.807, 2.05) is 48.7 Å². The molecule has 1 unspecified atom stereocenters. The Kier molecular flexibility index (Phi) is 5.58. The minimum atomic E-state index is -3.53. The van der Waals surface area contributed by atoms with Crippen LogP contribution in [0.3, 0.4) is 0 Å². The van der Waals surface area contributed by atoms with Gasteiger partial charge in [0, 0.05) is 31.5 Å². The van der Waals surface area contributed by atoms with E-state index in [1.165, 1.54) is 18.4 Å². The van der Waals surface area contributed by atoms with Crippen LogP contribution >= 0.6 is 0 Å². The van der Waals surface area contributed by atoms with Gasteiger partial charge in [0.1, 0.15) is 5.69 Å². The average molecular weight is 400 g/mol. The van der Waals surface area contributed by atoms with E-state index in [0.29, 0.717) is 12.2 Å². The van der Waals surface area contributed by atoms with Gasteiger partial charge in [0.25, 0.3) is 5.91 Å². The number of carbonyl (C=O) groups is 1. The highest BCUT2D eigenvalue weighted by Gasteiger charge is 2.21. The standard InChI is InChI=1S/C21H25N3O3S/c1-5-24-19-12-11-18(28(26,27)23(3)4)13-17(19)14-20(24)21(25)22-15(2)16-9-7-6-8-10-16/h6-15H,5H2,1-4H3,(H,22,25).